The predicted molar refractivity (Wildman–Crippen MR) is 107 cm³/mol. The van der Waals surface area contributed by atoms with E-state index < -0.39 is 11.4 Å². The van der Waals surface area contributed by atoms with Crippen molar-refractivity contribution in [3.63, 3.8) is 0 Å². The molecule has 1 aliphatic heterocycles. The molecule has 1 saturated heterocycles. The lowest BCUT2D eigenvalue weighted by atomic mass is 9.93. The average Bonchev–Trinajstić information content (AvgIpc) is 3.00. The fourth-order valence-electron chi connectivity index (χ4n) is 4.04. The Morgan fingerprint density at radius 2 is 2.11 bits per heavy atom. The number of benzene rings is 1. The van der Waals surface area contributed by atoms with E-state index in [0.717, 1.165) is 13.0 Å². The normalized spacial score (nSPS) is 16.2. The molecule has 0 radical (unpaired) electrons. The monoisotopic (exact) mass is 383 g/mol. The molecule has 4 rings (SSSR count). The number of nitrogens with zero attached hydrogens (tertiary/aromatic N) is 3. The molecule has 1 fully saturated rings. The van der Waals surface area contributed by atoms with E-state index in [9.17, 15) is 19.1 Å². The summed E-state index contributed by atoms with van der Waals surface area (Å²) in [5.41, 5.74) is 0.535. The van der Waals surface area contributed by atoms with Gasteiger partial charge in [-0.15, -0.1) is 0 Å². The minimum absolute atomic E-state index is 0.0871. The van der Waals surface area contributed by atoms with E-state index in [0.29, 0.717) is 35.2 Å². The Morgan fingerprint density at radius 3 is 2.71 bits per heavy atom. The molecular weight excluding hydrogens is 361 g/mol. The summed E-state index contributed by atoms with van der Waals surface area (Å²) in [4.78, 5) is 30.8. The van der Waals surface area contributed by atoms with Crippen molar-refractivity contribution in [2.24, 2.45) is 5.41 Å². The summed E-state index contributed by atoms with van der Waals surface area (Å²) in [5, 5.41) is 10.2. The molecule has 0 unspecified atom stereocenters. The molecule has 1 N–H and O–H groups in total. The Kier molecular flexibility index (Phi) is 4.14. The lowest BCUT2D eigenvalue weighted by Crippen LogP contribution is -2.24. The van der Waals surface area contributed by atoms with E-state index in [1.807, 2.05) is 11.8 Å². The molecule has 3 heterocycles. The second kappa shape index (κ2) is 6.29. The van der Waals surface area contributed by atoms with Crippen LogP contribution in [0.1, 0.15) is 37.6 Å². The van der Waals surface area contributed by atoms with E-state index in [1.165, 1.54) is 18.5 Å². The average molecular weight is 383 g/mol. The Hall–Kier alpha value is -2.96. The molecule has 7 heteroatoms. The van der Waals surface area contributed by atoms with Gasteiger partial charge in [-0.3, -0.25) is 9.78 Å². The van der Waals surface area contributed by atoms with Gasteiger partial charge in [0.15, 0.2) is 0 Å². The summed E-state index contributed by atoms with van der Waals surface area (Å²) in [6.45, 7) is 8.07. The second-order valence-corrected chi connectivity index (χ2v) is 8.14. The summed E-state index contributed by atoms with van der Waals surface area (Å²) in [7, 11) is 0. The summed E-state index contributed by atoms with van der Waals surface area (Å²) >= 11 is 0. The van der Waals surface area contributed by atoms with Gasteiger partial charge in [0.1, 0.15) is 11.4 Å². The molecule has 28 heavy (non-hydrogen) atoms. The van der Waals surface area contributed by atoms with Crippen molar-refractivity contribution in [1.82, 2.24) is 9.55 Å². The Bertz CT molecular complexity index is 1180. The second-order valence-electron chi connectivity index (χ2n) is 8.14. The number of aromatic nitrogens is 2. The zero-order valence-corrected chi connectivity index (χ0v) is 16.1. The van der Waals surface area contributed by atoms with E-state index in [1.54, 1.807) is 10.6 Å². The van der Waals surface area contributed by atoms with Crippen LogP contribution in [-0.2, 0) is 6.54 Å². The van der Waals surface area contributed by atoms with Gasteiger partial charge in [-0.2, -0.15) is 0 Å². The highest BCUT2D eigenvalue weighted by molar-refractivity contribution is 6.07. The SMILES string of the molecule is CCn1cc(C(=O)O)c(=O)c2c3cc(N4CCC(C)(C)C4)c(F)cc3ncc21. The topological polar surface area (TPSA) is 75.4 Å². The first-order valence-electron chi connectivity index (χ1n) is 9.35. The van der Waals surface area contributed by atoms with Crippen molar-refractivity contribution in [2.75, 3.05) is 18.0 Å². The maximum Gasteiger partial charge on any atom is 0.341 e. The van der Waals surface area contributed by atoms with Crippen LogP contribution < -0.4 is 10.3 Å². The zero-order valence-electron chi connectivity index (χ0n) is 16.1. The number of carbonyl (C=O) groups is 1. The first-order chi connectivity index (χ1) is 13.2. The van der Waals surface area contributed by atoms with E-state index >= 15 is 0 Å². The predicted octanol–water partition coefficient (Wildman–Crippen LogP) is 3.64. The van der Waals surface area contributed by atoms with Crippen LogP contribution in [0.25, 0.3) is 21.8 Å². The van der Waals surface area contributed by atoms with Crippen molar-refractivity contribution < 1.29 is 14.3 Å². The first-order valence-corrected chi connectivity index (χ1v) is 9.35. The van der Waals surface area contributed by atoms with Gasteiger partial charge in [-0.25, -0.2) is 9.18 Å². The Balaban J connectivity index is 2.06. The molecule has 1 aromatic carbocycles. The summed E-state index contributed by atoms with van der Waals surface area (Å²) in [6, 6.07) is 2.98. The number of anilines is 1. The van der Waals surface area contributed by atoms with Crippen LogP contribution in [0.15, 0.2) is 29.3 Å². The number of carboxylic acid groups (broad SMARTS) is 1. The molecule has 0 atom stereocenters. The number of carboxylic acids is 1. The van der Waals surface area contributed by atoms with Gasteiger partial charge in [0.2, 0.25) is 5.43 Å². The highest BCUT2D eigenvalue weighted by Crippen LogP contribution is 2.36. The van der Waals surface area contributed by atoms with Gasteiger partial charge in [0, 0.05) is 37.3 Å². The van der Waals surface area contributed by atoms with Crippen LogP contribution in [0.4, 0.5) is 10.1 Å². The largest absolute Gasteiger partial charge is 0.477 e. The molecule has 146 valence electrons. The van der Waals surface area contributed by atoms with Crippen LogP contribution >= 0.6 is 0 Å². The van der Waals surface area contributed by atoms with Gasteiger partial charge < -0.3 is 14.6 Å². The third-order valence-corrected chi connectivity index (χ3v) is 5.57. The number of rotatable bonds is 3. The number of aryl methyl sites for hydroxylation is 1. The number of fused-ring (bicyclic) bond motifs is 3. The van der Waals surface area contributed by atoms with Crippen molar-refractivity contribution in [3.05, 3.63) is 46.1 Å². The number of aromatic carboxylic acids is 1. The molecule has 0 amide bonds. The van der Waals surface area contributed by atoms with E-state index in [4.69, 9.17) is 0 Å². The van der Waals surface area contributed by atoms with Crippen LogP contribution in [0.5, 0.6) is 0 Å². The fourth-order valence-corrected chi connectivity index (χ4v) is 4.04. The van der Waals surface area contributed by atoms with Gasteiger partial charge >= 0.3 is 5.97 Å². The molecule has 0 saturated carbocycles. The van der Waals surface area contributed by atoms with Gasteiger partial charge in [0.05, 0.1) is 28.3 Å². The lowest BCUT2D eigenvalue weighted by molar-refractivity contribution is 0.0695. The van der Waals surface area contributed by atoms with Gasteiger partial charge in [0.25, 0.3) is 0 Å². The standard InChI is InChI=1S/C21H22FN3O3/c1-4-24-10-13(20(27)28)19(26)18-12-7-16(25-6-5-21(2,3)11-25)14(22)8-15(12)23-9-17(18)24/h7-10H,4-6,11H2,1-3H3,(H,27,28). The highest BCUT2D eigenvalue weighted by Gasteiger charge is 2.31. The molecule has 3 aromatic rings. The quantitative estimate of drug-likeness (QED) is 0.699. The van der Waals surface area contributed by atoms with Crippen molar-refractivity contribution in [2.45, 2.75) is 33.7 Å². The number of halogens is 1. The summed E-state index contributed by atoms with van der Waals surface area (Å²) in [6.07, 6.45) is 3.80. The molecule has 0 aliphatic carbocycles. The summed E-state index contributed by atoms with van der Waals surface area (Å²) in [5.74, 6) is -1.66. The first kappa shape index (κ1) is 18.4. The number of pyridine rings is 2. The van der Waals surface area contributed by atoms with Crippen LogP contribution in [0.3, 0.4) is 0 Å². The smallest absolute Gasteiger partial charge is 0.341 e. The third-order valence-electron chi connectivity index (χ3n) is 5.57. The molecule has 6 nitrogen and oxygen atoms in total. The van der Waals surface area contributed by atoms with Crippen LogP contribution in [0, 0.1) is 11.2 Å². The Morgan fingerprint density at radius 1 is 1.36 bits per heavy atom. The molecule has 1 aliphatic rings. The molecule has 0 bridgehead atoms. The maximum atomic E-state index is 14.8. The molecule has 0 spiro atoms. The Labute approximate surface area is 161 Å². The van der Waals surface area contributed by atoms with Gasteiger partial charge in [-0.05, 0) is 24.8 Å². The molecular formula is C21H22FN3O3. The van der Waals surface area contributed by atoms with Gasteiger partial charge in [-0.1, -0.05) is 13.8 Å². The van der Waals surface area contributed by atoms with Crippen molar-refractivity contribution in [1.29, 1.82) is 0 Å². The molecule has 2 aromatic heterocycles. The number of hydrogen-bond donors (Lipinski definition) is 1. The third kappa shape index (κ3) is 2.82. The highest BCUT2D eigenvalue weighted by atomic mass is 19.1. The minimum Gasteiger partial charge on any atom is -0.477 e. The number of hydrogen-bond acceptors (Lipinski definition) is 4. The lowest BCUT2D eigenvalue weighted by Gasteiger charge is -2.22. The van der Waals surface area contributed by atoms with Crippen molar-refractivity contribution in [3.8, 4) is 0 Å². The summed E-state index contributed by atoms with van der Waals surface area (Å²) < 4.78 is 16.5. The van der Waals surface area contributed by atoms with Crippen LogP contribution in [0.2, 0.25) is 0 Å². The van der Waals surface area contributed by atoms with Crippen LogP contribution in [-0.4, -0.2) is 33.7 Å². The fraction of sp³-hybridized carbons (Fsp3) is 0.381. The van der Waals surface area contributed by atoms with E-state index in [2.05, 4.69) is 18.8 Å². The minimum atomic E-state index is -1.28. The maximum absolute atomic E-state index is 14.8. The zero-order chi connectivity index (χ0) is 20.2. The van der Waals surface area contributed by atoms with E-state index in [-0.39, 0.29) is 22.2 Å². The van der Waals surface area contributed by atoms with Crippen molar-refractivity contribution >= 4 is 33.5 Å².